The number of benzene rings is 1. The number of methoxy groups -OCH3 is 1. The molecule has 8 heteroatoms. The number of hydrogen-bond donors (Lipinski definition) is 2. The van der Waals surface area contributed by atoms with Crippen molar-refractivity contribution in [2.24, 2.45) is 4.99 Å². The Morgan fingerprint density at radius 1 is 1.24 bits per heavy atom. The van der Waals surface area contributed by atoms with Gasteiger partial charge in [0.25, 0.3) is 0 Å². The van der Waals surface area contributed by atoms with Gasteiger partial charge < -0.3 is 20.1 Å². The summed E-state index contributed by atoms with van der Waals surface area (Å²) >= 11 is 1.67. The predicted octanol–water partition coefficient (Wildman–Crippen LogP) is 3.53. The molecule has 0 radical (unpaired) electrons. The molecule has 5 nitrogen and oxygen atoms in total. The Labute approximate surface area is 149 Å². The fourth-order valence-electron chi connectivity index (χ4n) is 2.18. The number of rotatable bonds is 7. The third kappa shape index (κ3) is 5.60. The van der Waals surface area contributed by atoms with Gasteiger partial charge in [-0.05, 0) is 42.1 Å². The summed E-state index contributed by atoms with van der Waals surface area (Å²) in [5, 5.41) is 8.33. The van der Waals surface area contributed by atoms with E-state index in [4.69, 9.17) is 4.74 Å². The van der Waals surface area contributed by atoms with Crippen LogP contribution in [0.3, 0.4) is 0 Å². The first-order chi connectivity index (χ1) is 12.0. The van der Waals surface area contributed by atoms with Gasteiger partial charge in [-0.1, -0.05) is 0 Å². The van der Waals surface area contributed by atoms with Crippen LogP contribution in [-0.4, -0.2) is 26.7 Å². The van der Waals surface area contributed by atoms with E-state index >= 15 is 0 Å². The van der Waals surface area contributed by atoms with Gasteiger partial charge >= 0.3 is 6.61 Å². The highest BCUT2D eigenvalue weighted by Crippen LogP contribution is 2.25. The van der Waals surface area contributed by atoms with Crippen LogP contribution in [0.25, 0.3) is 0 Å². The summed E-state index contributed by atoms with van der Waals surface area (Å²) in [6.45, 7) is 0.0733. The second kappa shape index (κ2) is 9.22. The molecule has 0 aliphatic rings. The lowest BCUT2D eigenvalue weighted by atomic mass is 10.2. The first-order valence-electron chi connectivity index (χ1n) is 7.62. The predicted molar refractivity (Wildman–Crippen MR) is 95.7 cm³/mol. The van der Waals surface area contributed by atoms with Gasteiger partial charge in [-0.2, -0.15) is 8.78 Å². The fraction of sp³-hybridized carbons (Fsp3) is 0.353. The van der Waals surface area contributed by atoms with Crippen molar-refractivity contribution in [3.05, 3.63) is 45.6 Å². The topological polar surface area (TPSA) is 54.9 Å². The molecule has 0 saturated carbocycles. The van der Waals surface area contributed by atoms with Crippen molar-refractivity contribution < 1.29 is 18.3 Å². The first-order valence-corrected chi connectivity index (χ1v) is 8.50. The van der Waals surface area contributed by atoms with E-state index in [9.17, 15) is 8.78 Å². The molecule has 2 rings (SSSR count). The maximum atomic E-state index is 12.6. The van der Waals surface area contributed by atoms with Crippen LogP contribution in [0.2, 0.25) is 0 Å². The molecule has 2 N–H and O–H groups in total. The number of thiophene rings is 1. The highest BCUT2D eigenvalue weighted by atomic mass is 32.1. The molecule has 0 unspecified atom stereocenters. The van der Waals surface area contributed by atoms with Crippen molar-refractivity contribution in [3.63, 3.8) is 0 Å². The minimum Gasteiger partial charge on any atom is -0.497 e. The molecule has 1 aromatic carbocycles. The van der Waals surface area contributed by atoms with Crippen LogP contribution in [0.4, 0.5) is 8.78 Å². The average molecular weight is 369 g/mol. The molecule has 0 amide bonds. The molecular weight excluding hydrogens is 348 g/mol. The molecule has 0 atom stereocenters. The van der Waals surface area contributed by atoms with Gasteiger partial charge in [0.15, 0.2) is 5.96 Å². The summed E-state index contributed by atoms with van der Waals surface area (Å²) in [5.41, 5.74) is 1.77. The van der Waals surface area contributed by atoms with Crippen molar-refractivity contribution in [1.82, 2.24) is 10.6 Å². The Kier molecular flexibility index (Phi) is 7.00. The Bertz CT molecular complexity index is 720. The number of nitrogens with zero attached hydrogens (tertiary/aromatic N) is 1. The number of nitrogens with one attached hydrogen (secondary N) is 2. The maximum Gasteiger partial charge on any atom is 0.387 e. The average Bonchev–Trinajstić information content (AvgIpc) is 3.00. The molecule has 0 bridgehead atoms. The smallest absolute Gasteiger partial charge is 0.387 e. The molecule has 0 aliphatic heterocycles. The summed E-state index contributed by atoms with van der Waals surface area (Å²) in [7, 11) is 3.17. The molecule has 0 spiro atoms. The third-order valence-electron chi connectivity index (χ3n) is 3.54. The van der Waals surface area contributed by atoms with Crippen LogP contribution in [-0.2, 0) is 13.1 Å². The zero-order valence-corrected chi connectivity index (χ0v) is 15.1. The van der Waals surface area contributed by atoms with Gasteiger partial charge in [0.1, 0.15) is 11.5 Å². The Hall–Kier alpha value is -2.35. The molecule has 2 aromatic rings. The second-order valence-corrected chi connectivity index (χ2v) is 6.16. The fourth-order valence-corrected chi connectivity index (χ4v) is 3.03. The van der Waals surface area contributed by atoms with Gasteiger partial charge in [0.2, 0.25) is 0 Å². The lowest BCUT2D eigenvalue weighted by Gasteiger charge is -2.15. The minimum atomic E-state index is -2.88. The van der Waals surface area contributed by atoms with Gasteiger partial charge in [0, 0.05) is 24.0 Å². The Morgan fingerprint density at radius 3 is 2.60 bits per heavy atom. The van der Waals surface area contributed by atoms with Crippen LogP contribution >= 0.6 is 11.3 Å². The number of ether oxygens (including phenoxy) is 2. The summed E-state index contributed by atoms with van der Waals surface area (Å²) in [4.78, 5) is 5.36. The molecule has 25 heavy (non-hydrogen) atoms. The van der Waals surface area contributed by atoms with E-state index in [0.717, 1.165) is 0 Å². The van der Waals surface area contributed by atoms with Gasteiger partial charge in [0.05, 0.1) is 13.7 Å². The quantitative estimate of drug-likeness (QED) is 0.579. The SMILES string of the molecule is CN=C(NCc1cc(OC)ccc1OC(F)F)NCc1sccc1C. The zero-order chi connectivity index (χ0) is 18.2. The molecule has 0 fully saturated rings. The minimum absolute atomic E-state index is 0.104. The molecule has 136 valence electrons. The van der Waals surface area contributed by atoms with E-state index in [0.29, 0.717) is 23.8 Å². The standard InChI is InChI=1S/C17H21F2N3O2S/c1-11-6-7-25-15(11)10-22-17(20-2)21-9-12-8-13(23-3)4-5-14(12)24-16(18)19/h4-8,16H,9-10H2,1-3H3,(H2,20,21,22). The van der Waals surface area contributed by atoms with Crippen LogP contribution in [0, 0.1) is 6.92 Å². The van der Waals surface area contributed by atoms with Gasteiger partial charge in [-0.3, -0.25) is 4.99 Å². The molecule has 0 aliphatic carbocycles. The number of aliphatic imine (C=N–C) groups is 1. The van der Waals surface area contributed by atoms with Crippen LogP contribution < -0.4 is 20.1 Å². The highest BCUT2D eigenvalue weighted by Gasteiger charge is 2.12. The van der Waals surface area contributed by atoms with Crippen molar-refractivity contribution in [2.75, 3.05) is 14.2 Å². The number of alkyl halides is 2. The monoisotopic (exact) mass is 369 g/mol. The van der Waals surface area contributed by atoms with E-state index in [1.807, 2.05) is 12.3 Å². The van der Waals surface area contributed by atoms with Crippen LogP contribution in [0.1, 0.15) is 16.0 Å². The zero-order valence-electron chi connectivity index (χ0n) is 14.3. The molecular formula is C17H21F2N3O2S. The van der Waals surface area contributed by atoms with Crippen molar-refractivity contribution in [1.29, 1.82) is 0 Å². The van der Waals surface area contributed by atoms with Crippen molar-refractivity contribution >= 4 is 17.3 Å². The van der Waals surface area contributed by atoms with E-state index in [2.05, 4.69) is 26.4 Å². The summed E-state index contributed by atoms with van der Waals surface area (Å²) in [6, 6.07) is 6.75. The van der Waals surface area contributed by atoms with E-state index in [1.54, 1.807) is 30.5 Å². The highest BCUT2D eigenvalue weighted by molar-refractivity contribution is 7.10. The van der Waals surface area contributed by atoms with Gasteiger partial charge in [-0.25, -0.2) is 0 Å². The Balaban J connectivity index is 2.01. The summed E-state index contributed by atoms with van der Waals surface area (Å²) in [6.07, 6.45) is 0. The number of aryl methyl sites for hydroxylation is 1. The largest absolute Gasteiger partial charge is 0.497 e. The molecule has 1 aromatic heterocycles. The first kappa shape index (κ1) is 19.0. The Morgan fingerprint density at radius 2 is 2.00 bits per heavy atom. The summed E-state index contributed by atoms with van der Waals surface area (Å²) < 4.78 is 34.8. The van der Waals surface area contributed by atoms with E-state index in [1.165, 1.54) is 23.6 Å². The maximum absolute atomic E-state index is 12.6. The third-order valence-corrected chi connectivity index (χ3v) is 4.56. The number of halogens is 2. The van der Waals surface area contributed by atoms with Gasteiger partial charge in [-0.15, -0.1) is 11.3 Å². The molecule has 0 saturated heterocycles. The molecule has 1 heterocycles. The van der Waals surface area contributed by atoms with E-state index in [-0.39, 0.29) is 12.3 Å². The van der Waals surface area contributed by atoms with Crippen LogP contribution in [0.15, 0.2) is 34.6 Å². The lowest BCUT2D eigenvalue weighted by molar-refractivity contribution is -0.0504. The normalized spacial score (nSPS) is 11.5. The van der Waals surface area contributed by atoms with Crippen molar-refractivity contribution in [2.45, 2.75) is 26.6 Å². The second-order valence-electron chi connectivity index (χ2n) is 5.16. The number of hydrogen-bond acceptors (Lipinski definition) is 4. The lowest BCUT2D eigenvalue weighted by Crippen LogP contribution is -2.36. The van der Waals surface area contributed by atoms with Crippen molar-refractivity contribution in [3.8, 4) is 11.5 Å². The number of guanidine groups is 1. The summed E-state index contributed by atoms with van der Waals surface area (Å²) in [5.74, 6) is 1.24. The van der Waals surface area contributed by atoms with Crippen LogP contribution in [0.5, 0.6) is 11.5 Å². The van der Waals surface area contributed by atoms with E-state index < -0.39 is 6.61 Å².